The van der Waals surface area contributed by atoms with E-state index in [0.717, 1.165) is 24.9 Å². The lowest BCUT2D eigenvalue weighted by molar-refractivity contribution is 0.0240. The van der Waals surface area contributed by atoms with E-state index in [2.05, 4.69) is 0 Å². The van der Waals surface area contributed by atoms with Crippen molar-refractivity contribution < 1.29 is 40.6 Å². The molecule has 11 nitrogen and oxygen atoms in total. The van der Waals surface area contributed by atoms with Crippen LogP contribution in [0, 0.1) is 0 Å². The Morgan fingerprint density at radius 2 is 1.11 bits per heavy atom. The Balaban J connectivity index is 1.20. The van der Waals surface area contributed by atoms with Crippen molar-refractivity contribution >= 4 is 56.3 Å². The Kier molecular flexibility index (Phi) is 11.7. The Morgan fingerprint density at radius 1 is 0.617 bits per heavy atom. The molecule has 13 heteroatoms. The standard InChI is InChI=1S/C34H32N2O9S2/c1-35(33(37)43-31-20-10-16-26-14-6-8-18-29(26)31)46(39)42-24-28(23-41-22-25-12-4-3-5-13-25)45-47(40)36(2)34(38)44-32-21-11-17-27-15-7-9-19-30(27)32/h3-21,28H,22-24H2,1-2H3. The van der Waals surface area contributed by atoms with E-state index in [1.165, 1.54) is 14.1 Å². The van der Waals surface area contributed by atoms with Gasteiger partial charge in [0.25, 0.3) is 22.5 Å². The molecule has 0 spiro atoms. The molecule has 5 rings (SSSR count). The minimum Gasteiger partial charge on any atom is -0.409 e. The highest BCUT2D eigenvalue weighted by atomic mass is 32.2. The lowest BCUT2D eigenvalue weighted by Gasteiger charge is -2.22. The van der Waals surface area contributed by atoms with Crippen LogP contribution in [-0.2, 0) is 42.2 Å². The number of hydrogen-bond acceptors (Lipinski definition) is 9. The van der Waals surface area contributed by atoms with Gasteiger partial charge in [-0.15, -0.1) is 0 Å². The minimum absolute atomic E-state index is 0.145. The lowest BCUT2D eigenvalue weighted by Crippen LogP contribution is -2.38. The summed E-state index contributed by atoms with van der Waals surface area (Å²) in [6.45, 7) is -0.355. The number of hydrogen-bond donors (Lipinski definition) is 0. The van der Waals surface area contributed by atoms with Gasteiger partial charge in [-0.2, -0.15) is 0 Å². The van der Waals surface area contributed by atoms with Gasteiger partial charge in [-0.25, -0.2) is 26.6 Å². The van der Waals surface area contributed by atoms with E-state index in [1.807, 2.05) is 78.9 Å². The first-order chi connectivity index (χ1) is 22.8. The average Bonchev–Trinajstić information content (AvgIpc) is 3.10. The van der Waals surface area contributed by atoms with E-state index >= 15 is 0 Å². The zero-order chi connectivity index (χ0) is 33.2. The number of rotatable bonds is 13. The molecule has 3 unspecified atom stereocenters. The van der Waals surface area contributed by atoms with Crippen molar-refractivity contribution in [1.29, 1.82) is 0 Å². The molecule has 0 aromatic heterocycles. The van der Waals surface area contributed by atoms with Crippen LogP contribution in [0.3, 0.4) is 0 Å². The smallest absolute Gasteiger partial charge is 0.409 e. The first-order valence-electron chi connectivity index (χ1n) is 14.4. The minimum atomic E-state index is -2.36. The second-order valence-corrected chi connectivity index (χ2v) is 12.5. The quantitative estimate of drug-likeness (QED) is 0.141. The van der Waals surface area contributed by atoms with Gasteiger partial charge in [0.15, 0.2) is 0 Å². The van der Waals surface area contributed by atoms with Crippen molar-refractivity contribution in [3.05, 3.63) is 121 Å². The maximum atomic E-state index is 13.1. The molecule has 5 aromatic rings. The van der Waals surface area contributed by atoms with Crippen LogP contribution in [0.15, 0.2) is 115 Å². The van der Waals surface area contributed by atoms with Crippen molar-refractivity contribution in [3.63, 3.8) is 0 Å². The van der Waals surface area contributed by atoms with Crippen molar-refractivity contribution in [2.75, 3.05) is 27.3 Å². The molecular formula is C34H32N2O9S2. The number of carbonyl (C=O) groups is 2. The summed E-state index contributed by atoms with van der Waals surface area (Å²) in [5, 5.41) is 3.14. The first-order valence-corrected chi connectivity index (χ1v) is 16.5. The number of ether oxygens (including phenoxy) is 3. The van der Waals surface area contributed by atoms with Crippen molar-refractivity contribution in [1.82, 2.24) is 8.61 Å². The number of carbonyl (C=O) groups excluding carboxylic acids is 2. The van der Waals surface area contributed by atoms with E-state index in [0.29, 0.717) is 16.5 Å². The SMILES string of the molecule is CN(C(=O)Oc1cccc2ccccc12)S(=O)OCC(COCc1ccccc1)OS(=O)N(C)C(=O)Oc1cccc2ccccc12. The molecule has 0 aliphatic carbocycles. The molecule has 0 fully saturated rings. The van der Waals surface area contributed by atoms with E-state index in [4.69, 9.17) is 22.6 Å². The average molecular weight is 677 g/mol. The molecular weight excluding hydrogens is 645 g/mol. The molecule has 0 aliphatic rings. The van der Waals surface area contributed by atoms with Crippen LogP contribution in [0.5, 0.6) is 11.5 Å². The predicted molar refractivity (Wildman–Crippen MR) is 179 cm³/mol. The second kappa shape index (κ2) is 16.3. The van der Waals surface area contributed by atoms with Crippen LogP contribution >= 0.6 is 0 Å². The maximum Gasteiger partial charge on any atom is 0.428 e. The molecule has 0 saturated heterocycles. The summed E-state index contributed by atoms with van der Waals surface area (Å²) < 4.78 is 55.4. The topological polar surface area (TPSA) is 121 Å². The fraction of sp³-hybridized carbons (Fsp3) is 0.176. The van der Waals surface area contributed by atoms with Crippen LogP contribution in [0.2, 0.25) is 0 Å². The summed E-state index contributed by atoms with van der Waals surface area (Å²) in [6.07, 6.45) is -2.92. The third-order valence-corrected chi connectivity index (χ3v) is 8.81. The lowest BCUT2D eigenvalue weighted by atomic mass is 10.1. The van der Waals surface area contributed by atoms with Crippen molar-refractivity contribution in [3.8, 4) is 11.5 Å². The molecule has 0 heterocycles. The van der Waals surface area contributed by atoms with Crippen molar-refractivity contribution in [2.24, 2.45) is 0 Å². The molecule has 0 radical (unpaired) electrons. The summed E-state index contributed by atoms with van der Waals surface area (Å²) in [4.78, 5) is 25.7. The van der Waals surface area contributed by atoms with Gasteiger partial charge >= 0.3 is 12.2 Å². The van der Waals surface area contributed by atoms with Gasteiger partial charge in [0, 0.05) is 24.9 Å². The van der Waals surface area contributed by atoms with Crippen LogP contribution in [0.1, 0.15) is 5.56 Å². The third kappa shape index (κ3) is 8.99. The van der Waals surface area contributed by atoms with Crippen molar-refractivity contribution in [2.45, 2.75) is 12.7 Å². The molecule has 244 valence electrons. The number of nitrogens with zero attached hydrogens (tertiary/aromatic N) is 2. The number of amides is 2. The molecule has 2 amide bonds. The van der Waals surface area contributed by atoms with Gasteiger partial charge in [-0.1, -0.05) is 103 Å². The van der Waals surface area contributed by atoms with E-state index in [9.17, 15) is 18.0 Å². The van der Waals surface area contributed by atoms with E-state index in [1.54, 1.807) is 36.4 Å². The first kappa shape index (κ1) is 33.7. The molecule has 47 heavy (non-hydrogen) atoms. The summed E-state index contributed by atoms with van der Waals surface area (Å²) in [7, 11) is 2.50. The van der Waals surface area contributed by atoms with Crippen LogP contribution in [0.25, 0.3) is 21.5 Å². The maximum absolute atomic E-state index is 13.1. The fourth-order valence-electron chi connectivity index (χ4n) is 4.39. The molecule has 3 atom stereocenters. The molecule has 5 aromatic carbocycles. The fourth-order valence-corrected chi connectivity index (χ4v) is 5.61. The number of fused-ring (bicyclic) bond motifs is 2. The zero-order valence-corrected chi connectivity index (χ0v) is 27.2. The van der Waals surface area contributed by atoms with Crippen LogP contribution < -0.4 is 9.47 Å². The monoisotopic (exact) mass is 676 g/mol. The van der Waals surface area contributed by atoms with Gasteiger partial charge in [0.05, 0.1) is 19.8 Å². The second-order valence-electron chi connectivity index (χ2n) is 10.1. The summed E-state index contributed by atoms with van der Waals surface area (Å²) in [5.74, 6) is 0.582. The van der Waals surface area contributed by atoms with Gasteiger partial charge in [0.2, 0.25) is 0 Å². The Hall–Kier alpha value is -4.66. The summed E-state index contributed by atoms with van der Waals surface area (Å²) in [6, 6.07) is 34.5. The van der Waals surface area contributed by atoms with Gasteiger partial charge in [-0.3, -0.25) is 8.37 Å². The highest BCUT2D eigenvalue weighted by Crippen LogP contribution is 2.27. The van der Waals surface area contributed by atoms with E-state index in [-0.39, 0.29) is 19.0 Å². The predicted octanol–water partition coefficient (Wildman–Crippen LogP) is 6.33. The normalized spacial score (nSPS) is 13.1. The summed E-state index contributed by atoms with van der Waals surface area (Å²) in [5.41, 5.74) is 0.878. The zero-order valence-electron chi connectivity index (χ0n) is 25.6. The van der Waals surface area contributed by atoms with Gasteiger partial charge in [0.1, 0.15) is 17.6 Å². The number of benzene rings is 5. The van der Waals surface area contributed by atoms with E-state index < -0.39 is 47.4 Å². The molecule has 0 bridgehead atoms. The largest absolute Gasteiger partial charge is 0.428 e. The molecule has 0 saturated carbocycles. The summed E-state index contributed by atoms with van der Waals surface area (Å²) >= 11 is -4.68. The van der Waals surface area contributed by atoms with Gasteiger partial charge in [-0.05, 0) is 28.5 Å². The van der Waals surface area contributed by atoms with Gasteiger partial charge < -0.3 is 14.2 Å². The van der Waals surface area contributed by atoms with Crippen LogP contribution in [-0.4, -0.2) is 62.6 Å². The Labute approximate surface area is 277 Å². The molecule has 0 N–H and O–H groups in total. The highest BCUT2D eigenvalue weighted by Gasteiger charge is 2.26. The Bertz CT molecular complexity index is 1880. The third-order valence-electron chi connectivity index (χ3n) is 6.84. The van der Waals surface area contributed by atoms with Crippen LogP contribution in [0.4, 0.5) is 9.59 Å². The molecule has 0 aliphatic heterocycles. The highest BCUT2D eigenvalue weighted by molar-refractivity contribution is 7.78. The Morgan fingerprint density at radius 3 is 1.68 bits per heavy atom.